The van der Waals surface area contributed by atoms with Crippen LogP contribution < -0.4 is 5.32 Å². The van der Waals surface area contributed by atoms with Gasteiger partial charge in [0.05, 0.1) is 6.61 Å². The first-order chi connectivity index (χ1) is 8.30. The Morgan fingerprint density at radius 1 is 1.41 bits per heavy atom. The van der Waals surface area contributed by atoms with Crippen molar-refractivity contribution in [2.75, 3.05) is 39.9 Å². The Morgan fingerprint density at radius 2 is 2.24 bits per heavy atom. The van der Waals surface area contributed by atoms with Crippen molar-refractivity contribution in [3.8, 4) is 0 Å². The number of rotatable bonds is 8. The van der Waals surface area contributed by atoms with E-state index >= 15 is 0 Å². The molecule has 0 radical (unpaired) electrons. The summed E-state index contributed by atoms with van der Waals surface area (Å²) in [4.78, 5) is 2.62. The Labute approximate surface area is 107 Å². The summed E-state index contributed by atoms with van der Waals surface area (Å²) in [5.74, 6) is 0.748. The number of nitrogens with one attached hydrogen (secondary N) is 1. The largest absolute Gasteiger partial charge is 0.384 e. The summed E-state index contributed by atoms with van der Waals surface area (Å²) in [5, 5.41) is 3.64. The van der Waals surface area contributed by atoms with Crippen LogP contribution in [0.25, 0.3) is 0 Å². The molecule has 1 N–H and O–H groups in total. The van der Waals surface area contributed by atoms with E-state index in [1.807, 2.05) is 7.11 Å². The van der Waals surface area contributed by atoms with E-state index in [1.165, 1.54) is 45.3 Å². The van der Waals surface area contributed by atoms with Crippen LogP contribution >= 0.6 is 0 Å². The number of ether oxygens (including phenoxy) is 1. The minimum Gasteiger partial charge on any atom is -0.384 e. The van der Waals surface area contributed by atoms with Gasteiger partial charge in [0.1, 0.15) is 0 Å². The van der Waals surface area contributed by atoms with E-state index in [2.05, 4.69) is 24.1 Å². The smallest absolute Gasteiger partial charge is 0.0502 e. The fourth-order valence-corrected chi connectivity index (χ4v) is 2.69. The van der Waals surface area contributed by atoms with Crippen LogP contribution in [0.15, 0.2) is 0 Å². The molecule has 17 heavy (non-hydrogen) atoms. The van der Waals surface area contributed by atoms with E-state index < -0.39 is 0 Å². The first kappa shape index (κ1) is 14.9. The molecule has 102 valence electrons. The number of hydrogen-bond donors (Lipinski definition) is 1. The van der Waals surface area contributed by atoms with Crippen molar-refractivity contribution in [2.45, 2.75) is 45.6 Å². The van der Waals surface area contributed by atoms with Gasteiger partial charge in [-0.2, -0.15) is 0 Å². The van der Waals surface area contributed by atoms with Crippen molar-refractivity contribution in [1.29, 1.82) is 0 Å². The second kappa shape index (κ2) is 8.90. The lowest BCUT2D eigenvalue weighted by Crippen LogP contribution is -2.45. The molecule has 2 atom stereocenters. The molecule has 3 nitrogen and oxygen atoms in total. The molecule has 0 spiro atoms. The van der Waals surface area contributed by atoms with E-state index in [9.17, 15) is 0 Å². The molecular formula is C14H30N2O. The molecule has 1 saturated heterocycles. The molecule has 0 bridgehead atoms. The van der Waals surface area contributed by atoms with Gasteiger partial charge in [-0.25, -0.2) is 0 Å². The molecule has 1 fully saturated rings. The first-order valence-corrected chi connectivity index (χ1v) is 7.24. The molecule has 0 aromatic heterocycles. The van der Waals surface area contributed by atoms with Crippen LogP contribution in [-0.4, -0.2) is 50.8 Å². The number of nitrogens with zero attached hydrogens (tertiary/aromatic N) is 1. The van der Waals surface area contributed by atoms with Crippen LogP contribution in [0, 0.1) is 5.92 Å². The van der Waals surface area contributed by atoms with Gasteiger partial charge >= 0.3 is 0 Å². The van der Waals surface area contributed by atoms with Gasteiger partial charge in [-0.15, -0.1) is 0 Å². The van der Waals surface area contributed by atoms with Crippen molar-refractivity contribution in [3.05, 3.63) is 0 Å². The van der Waals surface area contributed by atoms with Crippen molar-refractivity contribution in [3.63, 3.8) is 0 Å². The normalized spacial score (nSPS) is 23.8. The Morgan fingerprint density at radius 3 is 2.88 bits per heavy atom. The lowest BCUT2D eigenvalue weighted by Gasteiger charge is -2.34. The molecule has 1 rings (SSSR count). The third-order valence-electron chi connectivity index (χ3n) is 3.66. The van der Waals surface area contributed by atoms with Crippen molar-refractivity contribution in [2.24, 2.45) is 5.92 Å². The average molecular weight is 242 g/mol. The molecule has 0 aliphatic carbocycles. The van der Waals surface area contributed by atoms with Gasteiger partial charge in [0, 0.05) is 26.2 Å². The van der Waals surface area contributed by atoms with E-state index in [0.29, 0.717) is 6.04 Å². The van der Waals surface area contributed by atoms with Crippen LogP contribution in [0.2, 0.25) is 0 Å². The Bertz CT molecular complexity index is 185. The minimum atomic E-state index is 0.663. The maximum atomic E-state index is 5.28. The molecule has 1 aliphatic heterocycles. The topological polar surface area (TPSA) is 24.5 Å². The molecule has 1 aliphatic rings. The molecule has 3 heteroatoms. The highest BCUT2D eigenvalue weighted by Gasteiger charge is 2.21. The van der Waals surface area contributed by atoms with Gasteiger partial charge in [0.25, 0.3) is 0 Å². The second-order valence-corrected chi connectivity index (χ2v) is 5.28. The molecule has 2 unspecified atom stereocenters. The highest BCUT2D eigenvalue weighted by molar-refractivity contribution is 4.77. The fourth-order valence-electron chi connectivity index (χ4n) is 2.69. The zero-order valence-corrected chi connectivity index (χ0v) is 11.9. The van der Waals surface area contributed by atoms with Crippen LogP contribution in [0.1, 0.15) is 39.5 Å². The molecule has 0 saturated carbocycles. The minimum absolute atomic E-state index is 0.663. The molecule has 0 aromatic rings. The highest BCUT2D eigenvalue weighted by Crippen LogP contribution is 2.17. The summed E-state index contributed by atoms with van der Waals surface area (Å²) in [5.41, 5.74) is 0. The monoisotopic (exact) mass is 242 g/mol. The van der Waals surface area contributed by atoms with Crippen LogP contribution in [0.3, 0.4) is 0 Å². The van der Waals surface area contributed by atoms with Crippen molar-refractivity contribution < 1.29 is 4.74 Å². The SMILES string of the molecule is CCCNC(CC)CN1CCCC(COC)C1. The van der Waals surface area contributed by atoms with Gasteiger partial charge in [-0.05, 0) is 44.7 Å². The zero-order valence-electron chi connectivity index (χ0n) is 11.9. The number of hydrogen-bond acceptors (Lipinski definition) is 3. The Kier molecular flexibility index (Phi) is 7.82. The van der Waals surface area contributed by atoms with Crippen LogP contribution in [-0.2, 0) is 4.74 Å². The predicted octanol–water partition coefficient (Wildman–Crippen LogP) is 2.12. The number of likely N-dealkylation sites (tertiary alicyclic amines) is 1. The van der Waals surface area contributed by atoms with Gasteiger partial charge < -0.3 is 15.0 Å². The highest BCUT2D eigenvalue weighted by atomic mass is 16.5. The summed E-state index contributed by atoms with van der Waals surface area (Å²) in [6.45, 7) is 10.3. The first-order valence-electron chi connectivity index (χ1n) is 7.24. The summed E-state index contributed by atoms with van der Waals surface area (Å²) >= 11 is 0. The van der Waals surface area contributed by atoms with Crippen molar-refractivity contribution in [1.82, 2.24) is 10.2 Å². The predicted molar refractivity (Wildman–Crippen MR) is 73.4 cm³/mol. The maximum absolute atomic E-state index is 5.28. The average Bonchev–Trinajstić information content (AvgIpc) is 2.35. The number of methoxy groups -OCH3 is 1. The Hall–Kier alpha value is -0.120. The van der Waals surface area contributed by atoms with E-state index in [-0.39, 0.29) is 0 Å². The maximum Gasteiger partial charge on any atom is 0.0502 e. The van der Waals surface area contributed by atoms with Gasteiger partial charge in [-0.3, -0.25) is 0 Å². The van der Waals surface area contributed by atoms with Gasteiger partial charge in [0.15, 0.2) is 0 Å². The van der Waals surface area contributed by atoms with Crippen LogP contribution in [0.4, 0.5) is 0 Å². The van der Waals surface area contributed by atoms with Crippen LogP contribution in [0.5, 0.6) is 0 Å². The third kappa shape index (κ3) is 5.84. The molecule has 0 amide bonds. The Balaban J connectivity index is 2.27. The summed E-state index contributed by atoms with van der Waals surface area (Å²) in [6, 6.07) is 0.663. The van der Waals surface area contributed by atoms with Crippen molar-refractivity contribution >= 4 is 0 Å². The van der Waals surface area contributed by atoms with Gasteiger partial charge in [0.2, 0.25) is 0 Å². The zero-order chi connectivity index (χ0) is 12.5. The number of piperidine rings is 1. The summed E-state index contributed by atoms with van der Waals surface area (Å²) < 4.78 is 5.28. The second-order valence-electron chi connectivity index (χ2n) is 5.28. The summed E-state index contributed by atoms with van der Waals surface area (Å²) in [7, 11) is 1.82. The lowest BCUT2D eigenvalue weighted by atomic mass is 9.98. The molecule has 0 aromatic carbocycles. The van der Waals surface area contributed by atoms with Gasteiger partial charge in [-0.1, -0.05) is 13.8 Å². The fraction of sp³-hybridized carbons (Fsp3) is 1.00. The van der Waals surface area contributed by atoms with E-state index in [0.717, 1.165) is 19.1 Å². The quantitative estimate of drug-likeness (QED) is 0.705. The van der Waals surface area contributed by atoms with E-state index in [1.54, 1.807) is 0 Å². The standard InChI is InChI=1S/C14H30N2O/c1-4-8-15-14(5-2)11-16-9-6-7-13(10-16)12-17-3/h13-15H,4-12H2,1-3H3. The van der Waals surface area contributed by atoms with E-state index in [4.69, 9.17) is 4.74 Å². The molecule has 1 heterocycles. The molecular weight excluding hydrogens is 212 g/mol. The third-order valence-corrected chi connectivity index (χ3v) is 3.66. The summed E-state index contributed by atoms with van der Waals surface area (Å²) in [6.07, 6.45) is 5.12. The lowest BCUT2D eigenvalue weighted by molar-refractivity contribution is 0.0854.